The van der Waals surface area contributed by atoms with Gasteiger partial charge in [-0.15, -0.1) is 6.58 Å². The van der Waals surface area contributed by atoms with Crippen LogP contribution in [0.3, 0.4) is 0 Å². The van der Waals surface area contributed by atoms with E-state index in [1.165, 1.54) is 11.8 Å². The molecule has 1 aliphatic rings. The number of carbonyl (C=O) groups excluding carboxylic acids is 1. The van der Waals surface area contributed by atoms with E-state index in [2.05, 4.69) is 16.9 Å². The topological polar surface area (TPSA) is 64.0 Å². The highest BCUT2D eigenvalue weighted by molar-refractivity contribution is 7.99. The van der Waals surface area contributed by atoms with Crippen LogP contribution < -0.4 is 10.9 Å². The number of hydrogen-bond donors (Lipinski definition) is 1. The maximum atomic E-state index is 12.5. The summed E-state index contributed by atoms with van der Waals surface area (Å²) >= 11 is 1.29. The van der Waals surface area contributed by atoms with Crippen molar-refractivity contribution in [1.82, 2.24) is 14.9 Å². The molecule has 0 atom stereocenters. The van der Waals surface area contributed by atoms with Gasteiger partial charge in [0.25, 0.3) is 5.56 Å². The summed E-state index contributed by atoms with van der Waals surface area (Å²) < 4.78 is 1.56. The molecule has 1 heterocycles. The van der Waals surface area contributed by atoms with Crippen LogP contribution in [-0.2, 0) is 11.3 Å². The van der Waals surface area contributed by atoms with Crippen LogP contribution in [0.15, 0.2) is 46.9 Å². The number of nitrogens with one attached hydrogen (secondary N) is 1. The Hall–Kier alpha value is -2.08. The third-order valence-electron chi connectivity index (χ3n) is 3.41. The number of thioether (sulfide) groups is 1. The molecule has 2 aromatic rings. The predicted octanol–water partition coefficient (Wildman–Crippen LogP) is 1.95. The van der Waals surface area contributed by atoms with Gasteiger partial charge < -0.3 is 5.32 Å². The highest BCUT2D eigenvalue weighted by atomic mass is 32.2. The standard InChI is InChI=1S/C16H17N3O2S/c1-2-9-19-15(21)12-5-3-4-6-13(12)18-16(19)22-10-14(20)17-11-7-8-11/h2-6,11H,1,7-10H2,(H,17,20). The smallest absolute Gasteiger partial charge is 0.262 e. The third-order valence-corrected chi connectivity index (χ3v) is 4.39. The van der Waals surface area contributed by atoms with Gasteiger partial charge in [0, 0.05) is 12.6 Å². The van der Waals surface area contributed by atoms with Crippen molar-refractivity contribution in [2.45, 2.75) is 30.6 Å². The van der Waals surface area contributed by atoms with Gasteiger partial charge in [-0.1, -0.05) is 30.0 Å². The van der Waals surface area contributed by atoms with Crippen molar-refractivity contribution in [3.8, 4) is 0 Å². The van der Waals surface area contributed by atoms with Crippen molar-refractivity contribution in [2.24, 2.45) is 0 Å². The molecule has 0 radical (unpaired) electrons. The van der Waals surface area contributed by atoms with E-state index >= 15 is 0 Å². The number of benzene rings is 1. The van der Waals surface area contributed by atoms with Gasteiger partial charge in [0.05, 0.1) is 16.7 Å². The fourth-order valence-corrected chi connectivity index (χ4v) is 2.99. The Bertz CT molecular complexity index is 781. The Morgan fingerprint density at radius 3 is 2.95 bits per heavy atom. The minimum absolute atomic E-state index is 0.0138. The molecule has 6 heteroatoms. The molecule has 1 aromatic carbocycles. The van der Waals surface area contributed by atoms with Crippen LogP contribution in [0, 0.1) is 0 Å². The van der Waals surface area contributed by atoms with Crippen molar-refractivity contribution < 1.29 is 4.79 Å². The van der Waals surface area contributed by atoms with Crippen LogP contribution in [0.25, 0.3) is 10.9 Å². The maximum Gasteiger partial charge on any atom is 0.262 e. The van der Waals surface area contributed by atoms with E-state index < -0.39 is 0 Å². The predicted molar refractivity (Wildman–Crippen MR) is 88.1 cm³/mol. The first-order valence-corrected chi connectivity index (χ1v) is 8.20. The van der Waals surface area contributed by atoms with Crippen LogP contribution in [0.4, 0.5) is 0 Å². The number of fused-ring (bicyclic) bond motifs is 1. The molecule has 1 fully saturated rings. The summed E-state index contributed by atoms with van der Waals surface area (Å²) in [5, 5.41) is 4.06. The van der Waals surface area contributed by atoms with Gasteiger partial charge in [-0.2, -0.15) is 0 Å². The fourth-order valence-electron chi connectivity index (χ4n) is 2.18. The molecule has 0 saturated heterocycles. The number of rotatable bonds is 6. The molecule has 0 bridgehead atoms. The van der Waals surface area contributed by atoms with Crippen molar-refractivity contribution in [3.63, 3.8) is 0 Å². The quantitative estimate of drug-likeness (QED) is 0.503. The van der Waals surface area contributed by atoms with Gasteiger partial charge >= 0.3 is 0 Å². The summed E-state index contributed by atoms with van der Waals surface area (Å²) in [6, 6.07) is 7.58. The lowest BCUT2D eigenvalue weighted by molar-refractivity contribution is -0.118. The number of carbonyl (C=O) groups is 1. The van der Waals surface area contributed by atoms with E-state index in [9.17, 15) is 9.59 Å². The van der Waals surface area contributed by atoms with Gasteiger partial charge in [0.15, 0.2) is 5.16 Å². The molecule has 0 aliphatic heterocycles. The number of para-hydroxylation sites is 1. The second-order valence-electron chi connectivity index (χ2n) is 5.25. The normalized spacial score (nSPS) is 14.0. The lowest BCUT2D eigenvalue weighted by Crippen LogP contribution is -2.28. The second kappa shape index (κ2) is 6.36. The molecule has 114 valence electrons. The zero-order valence-electron chi connectivity index (χ0n) is 12.1. The molecule has 0 unspecified atom stereocenters. The average molecular weight is 315 g/mol. The fraction of sp³-hybridized carbons (Fsp3) is 0.312. The molecule has 3 rings (SSSR count). The van der Waals surface area contributed by atoms with Crippen molar-refractivity contribution in [3.05, 3.63) is 47.3 Å². The summed E-state index contributed by atoms with van der Waals surface area (Å²) in [5.41, 5.74) is 0.550. The first-order chi connectivity index (χ1) is 10.7. The summed E-state index contributed by atoms with van der Waals surface area (Å²) in [7, 11) is 0. The molecule has 0 spiro atoms. The number of allylic oxidation sites excluding steroid dienone is 1. The van der Waals surface area contributed by atoms with Crippen molar-refractivity contribution in [2.75, 3.05) is 5.75 Å². The molecule has 1 aliphatic carbocycles. The number of aromatic nitrogens is 2. The van der Waals surface area contributed by atoms with Gasteiger partial charge in [0.2, 0.25) is 5.91 Å². The summed E-state index contributed by atoms with van der Waals surface area (Å²) in [4.78, 5) is 28.9. The van der Waals surface area contributed by atoms with E-state index in [-0.39, 0.29) is 17.2 Å². The van der Waals surface area contributed by atoms with Gasteiger partial charge in [-0.25, -0.2) is 4.98 Å². The van der Waals surface area contributed by atoms with Gasteiger partial charge in [-0.3, -0.25) is 14.2 Å². The first-order valence-electron chi connectivity index (χ1n) is 7.21. The van der Waals surface area contributed by atoms with E-state index in [4.69, 9.17) is 0 Å². The molecule has 1 aromatic heterocycles. The SMILES string of the molecule is C=CCn1c(SCC(=O)NC2CC2)nc2ccccc2c1=O. The number of nitrogens with zero attached hydrogens (tertiary/aromatic N) is 2. The minimum atomic E-state index is -0.101. The Morgan fingerprint density at radius 1 is 1.45 bits per heavy atom. The second-order valence-corrected chi connectivity index (χ2v) is 6.19. The van der Waals surface area contributed by atoms with Crippen LogP contribution in [-0.4, -0.2) is 27.3 Å². The third kappa shape index (κ3) is 3.22. The Morgan fingerprint density at radius 2 is 2.23 bits per heavy atom. The molecule has 1 amide bonds. The lowest BCUT2D eigenvalue weighted by atomic mass is 10.2. The van der Waals surface area contributed by atoms with E-state index in [1.807, 2.05) is 18.2 Å². The molecule has 22 heavy (non-hydrogen) atoms. The Labute approximate surface area is 132 Å². The van der Waals surface area contributed by atoms with Crippen LogP contribution in [0.1, 0.15) is 12.8 Å². The highest BCUT2D eigenvalue weighted by Gasteiger charge is 2.23. The average Bonchev–Trinajstić information content (AvgIpc) is 3.32. The van der Waals surface area contributed by atoms with E-state index in [1.54, 1.807) is 16.7 Å². The highest BCUT2D eigenvalue weighted by Crippen LogP contribution is 2.20. The Balaban J connectivity index is 1.88. The van der Waals surface area contributed by atoms with Crippen LogP contribution in [0.2, 0.25) is 0 Å². The van der Waals surface area contributed by atoms with E-state index in [0.717, 1.165) is 12.8 Å². The molecule has 1 saturated carbocycles. The maximum absolute atomic E-state index is 12.5. The van der Waals surface area contributed by atoms with Crippen LogP contribution in [0.5, 0.6) is 0 Å². The lowest BCUT2D eigenvalue weighted by Gasteiger charge is -2.11. The molecule has 5 nitrogen and oxygen atoms in total. The summed E-state index contributed by atoms with van der Waals surface area (Å²) in [6.45, 7) is 4.06. The van der Waals surface area contributed by atoms with Gasteiger partial charge in [0.1, 0.15) is 0 Å². The molecular formula is C16H17N3O2S. The summed E-state index contributed by atoms with van der Waals surface area (Å²) in [6.07, 6.45) is 3.78. The number of amides is 1. The van der Waals surface area contributed by atoms with Gasteiger partial charge in [-0.05, 0) is 25.0 Å². The molecule has 1 N–H and O–H groups in total. The number of hydrogen-bond acceptors (Lipinski definition) is 4. The van der Waals surface area contributed by atoms with Crippen LogP contribution >= 0.6 is 11.8 Å². The largest absolute Gasteiger partial charge is 0.353 e. The molecular weight excluding hydrogens is 298 g/mol. The monoisotopic (exact) mass is 315 g/mol. The zero-order valence-corrected chi connectivity index (χ0v) is 12.9. The van der Waals surface area contributed by atoms with E-state index in [0.29, 0.717) is 28.6 Å². The minimum Gasteiger partial charge on any atom is -0.353 e. The Kier molecular flexibility index (Phi) is 4.29. The first kappa shape index (κ1) is 14.8. The summed E-state index contributed by atoms with van der Waals surface area (Å²) in [5.74, 6) is 0.248. The zero-order chi connectivity index (χ0) is 15.5. The van der Waals surface area contributed by atoms with Crippen molar-refractivity contribution in [1.29, 1.82) is 0 Å². The van der Waals surface area contributed by atoms with Crippen molar-refractivity contribution >= 4 is 28.6 Å².